The lowest BCUT2D eigenvalue weighted by Gasteiger charge is -2.29. The quantitative estimate of drug-likeness (QED) is 0.705. The molecule has 0 saturated heterocycles. The molecule has 0 spiro atoms. The van der Waals surface area contributed by atoms with Crippen LogP contribution in [0, 0.1) is 0 Å². The van der Waals surface area contributed by atoms with Gasteiger partial charge in [-0.2, -0.15) is 0 Å². The molecule has 2 aromatic carbocycles. The number of carbonyl (C=O) groups is 2. The first-order valence-corrected chi connectivity index (χ1v) is 8.45. The highest BCUT2D eigenvalue weighted by Gasteiger charge is 2.34. The minimum atomic E-state index is -0.762. The fourth-order valence-electron chi connectivity index (χ4n) is 2.93. The van der Waals surface area contributed by atoms with Crippen molar-refractivity contribution in [1.29, 1.82) is 0 Å². The van der Waals surface area contributed by atoms with Crippen LogP contribution >= 0.6 is 0 Å². The average Bonchev–Trinajstić information content (AvgIpc) is 2.67. The van der Waals surface area contributed by atoms with Gasteiger partial charge in [0.2, 0.25) is 0 Å². The number of carbonyl (C=O) groups excluding carboxylic acids is 2. The number of hydrogen-bond acceptors (Lipinski definition) is 5. The van der Waals surface area contributed by atoms with Crippen molar-refractivity contribution in [2.45, 2.75) is 13.0 Å². The summed E-state index contributed by atoms with van der Waals surface area (Å²) in [4.78, 5) is 25.0. The van der Waals surface area contributed by atoms with Gasteiger partial charge in [0.25, 0.3) is 0 Å². The lowest BCUT2D eigenvalue weighted by atomic mass is 9.92. The fourth-order valence-corrected chi connectivity index (χ4v) is 2.93. The van der Waals surface area contributed by atoms with E-state index < -0.39 is 18.0 Å². The summed E-state index contributed by atoms with van der Waals surface area (Å²) in [5.41, 5.74) is 1.82. The molecule has 0 aromatic heterocycles. The molecular weight excluding hydrogens is 348 g/mol. The number of phenols is 1. The van der Waals surface area contributed by atoms with Gasteiger partial charge in [-0.15, -0.1) is 0 Å². The Kier molecular flexibility index (Phi) is 5.30. The molecule has 1 atom stereocenters. The minimum Gasteiger partial charge on any atom is -0.508 e. The lowest BCUT2D eigenvalue weighted by molar-refractivity contribution is -0.138. The van der Waals surface area contributed by atoms with Gasteiger partial charge in [0.1, 0.15) is 11.5 Å². The Morgan fingerprint density at radius 3 is 2.56 bits per heavy atom. The molecule has 1 aliphatic rings. The number of rotatable bonds is 5. The van der Waals surface area contributed by atoms with Crippen LogP contribution in [0.2, 0.25) is 0 Å². The lowest BCUT2D eigenvalue weighted by Crippen LogP contribution is -2.45. The zero-order valence-corrected chi connectivity index (χ0v) is 15.0. The third-order valence-corrected chi connectivity index (χ3v) is 4.15. The Morgan fingerprint density at radius 2 is 1.93 bits per heavy atom. The molecule has 1 aliphatic heterocycles. The van der Waals surface area contributed by atoms with Gasteiger partial charge >= 0.3 is 12.0 Å². The first-order valence-electron chi connectivity index (χ1n) is 8.45. The summed E-state index contributed by atoms with van der Waals surface area (Å²) in [6.45, 7) is 1.91. The van der Waals surface area contributed by atoms with E-state index in [4.69, 9.17) is 9.47 Å². The predicted molar refractivity (Wildman–Crippen MR) is 99.1 cm³/mol. The van der Waals surface area contributed by atoms with E-state index >= 15 is 0 Å². The van der Waals surface area contributed by atoms with Crippen LogP contribution in [0.3, 0.4) is 0 Å². The first kappa shape index (κ1) is 18.3. The van der Waals surface area contributed by atoms with Crippen LogP contribution in [0.15, 0.2) is 54.1 Å². The SMILES string of the molecule is CCOC(=O)C1=C(c2ccc(OC)cc2)NC(=O)NC1c1cccc(O)c1. The van der Waals surface area contributed by atoms with E-state index in [-0.39, 0.29) is 17.9 Å². The smallest absolute Gasteiger partial charge is 0.338 e. The van der Waals surface area contributed by atoms with Crippen molar-refractivity contribution in [1.82, 2.24) is 10.6 Å². The van der Waals surface area contributed by atoms with Gasteiger partial charge < -0.3 is 25.2 Å². The van der Waals surface area contributed by atoms with Crippen molar-refractivity contribution in [3.8, 4) is 11.5 Å². The number of ether oxygens (including phenoxy) is 2. The van der Waals surface area contributed by atoms with Crippen molar-refractivity contribution in [3.63, 3.8) is 0 Å². The minimum absolute atomic E-state index is 0.0366. The van der Waals surface area contributed by atoms with E-state index in [1.807, 2.05) is 0 Å². The standard InChI is InChI=1S/C20H20N2O5/c1-3-27-19(24)16-17(12-7-9-15(26-2)10-8-12)21-20(25)22-18(16)13-5-4-6-14(23)11-13/h4-11,18,23H,3H2,1-2H3,(H2,21,22,25). The van der Waals surface area contributed by atoms with Crippen molar-refractivity contribution in [2.24, 2.45) is 0 Å². The summed E-state index contributed by atoms with van der Waals surface area (Å²) >= 11 is 0. The molecule has 7 nitrogen and oxygen atoms in total. The first-order chi connectivity index (χ1) is 13.0. The molecular formula is C20H20N2O5. The zero-order valence-electron chi connectivity index (χ0n) is 15.0. The van der Waals surface area contributed by atoms with Crippen molar-refractivity contribution < 1.29 is 24.2 Å². The molecule has 1 unspecified atom stereocenters. The van der Waals surface area contributed by atoms with Crippen LogP contribution < -0.4 is 15.4 Å². The summed E-state index contributed by atoms with van der Waals surface area (Å²) in [5, 5.41) is 15.2. The second-order valence-corrected chi connectivity index (χ2v) is 5.86. The van der Waals surface area contributed by atoms with Gasteiger partial charge in [0.05, 0.1) is 31.0 Å². The maximum Gasteiger partial charge on any atom is 0.338 e. The van der Waals surface area contributed by atoms with Crippen molar-refractivity contribution >= 4 is 17.7 Å². The third kappa shape index (κ3) is 3.87. The second-order valence-electron chi connectivity index (χ2n) is 5.86. The summed E-state index contributed by atoms with van der Waals surface area (Å²) < 4.78 is 10.4. The molecule has 0 bridgehead atoms. The number of amides is 2. The third-order valence-electron chi connectivity index (χ3n) is 4.15. The van der Waals surface area contributed by atoms with Gasteiger partial charge in [-0.25, -0.2) is 9.59 Å². The van der Waals surface area contributed by atoms with Crippen LogP contribution in [0.4, 0.5) is 4.79 Å². The Morgan fingerprint density at radius 1 is 1.19 bits per heavy atom. The number of aromatic hydroxyl groups is 1. The molecule has 2 amide bonds. The van der Waals surface area contributed by atoms with E-state index in [0.29, 0.717) is 22.6 Å². The zero-order chi connectivity index (χ0) is 19.4. The van der Waals surface area contributed by atoms with Gasteiger partial charge in [-0.3, -0.25) is 0 Å². The molecule has 3 rings (SSSR count). The Bertz CT molecular complexity index is 890. The summed E-state index contributed by atoms with van der Waals surface area (Å²) in [5.74, 6) is 0.139. The molecule has 1 heterocycles. The number of hydrogen-bond donors (Lipinski definition) is 3. The predicted octanol–water partition coefficient (Wildman–Crippen LogP) is 2.73. The summed E-state index contributed by atoms with van der Waals surface area (Å²) in [7, 11) is 1.56. The summed E-state index contributed by atoms with van der Waals surface area (Å²) in [6, 6.07) is 12.1. The van der Waals surface area contributed by atoms with Crippen LogP contribution in [0.1, 0.15) is 24.1 Å². The monoisotopic (exact) mass is 368 g/mol. The highest BCUT2D eigenvalue weighted by molar-refractivity contribution is 6.04. The topological polar surface area (TPSA) is 96.9 Å². The Labute approximate surface area is 156 Å². The molecule has 7 heteroatoms. The normalized spacial score (nSPS) is 16.4. The molecule has 140 valence electrons. The van der Waals surface area contributed by atoms with Gasteiger partial charge in [-0.1, -0.05) is 12.1 Å². The van der Waals surface area contributed by atoms with Crippen molar-refractivity contribution in [3.05, 3.63) is 65.2 Å². The fraction of sp³-hybridized carbons (Fsp3) is 0.200. The Balaban J connectivity index is 2.16. The largest absolute Gasteiger partial charge is 0.508 e. The molecule has 0 radical (unpaired) electrons. The second kappa shape index (κ2) is 7.82. The summed E-state index contributed by atoms with van der Waals surface area (Å²) in [6.07, 6.45) is 0. The molecule has 0 fully saturated rings. The Hall–Kier alpha value is -3.48. The number of urea groups is 1. The highest BCUT2D eigenvalue weighted by Crippen LogP contribution is 2.33. The number of esters is 1. The van der Waals surface area contributed by atoms with E-state index in [9.17, 15) is 14.7 Å². The number of nitrogens with one attached hydrogen (secondary N) is 2. The molecule has 3 N–H and O–H groups in total. The maximum atomic E-state index is 12.7. The van der Waals surface area contributed by atoms with Crippen LogP contribution in [0.5, 0.6) is 11.5 Å². The number of phenolic OH excluding ortho intramolecular Hbond substituents is 1. The van der Waals surface area contributed by atoms with Crippen LogP contribution in [0.25, 0.3) is 5.70 Å². The van der Waals surface area contributed by atoms with E-state index in [1.165, 1.54) is 12.1 Å². The molecule has 2 aromatic rings. The maximum absolute atomic E-state index is 12.7. The number of methoxy groups -OCH3 is 1. The number of benzene rings is 2. The highest BCUT2D eigenvalue weighted by atomic mass is 16.5. The van der Waals surface area contributed by atoms with Gasteiger partial charge in [-0.05, 0) is 54.4 Å². The van der Waals surface area contributed by atoms with Crippen LogP contribution in [-0.4, -0.2) is 30.8 Å². The molecule has 0 aliphatic carbocycles. The van der Waals surface area contributed by atoms with E-state index in [0.717, 1.165) is 0 Å². The van der Waals surface area contributed by atoms with E-state index in [1.54, 1.807) is 50.4 Å². The van der Waals surface area contributed by atoms with Gasteiger partial charge in [0.15, 0.2) is 0 Å². The molecule has 27 heavy (non-hydrogen) atoms. The van der Waals surface area contributed by atoms with E-state index in [2.05, 4.69) is 10.6 Å². The van der Waals surface area contributed by atoms with Gasteiger partial charge in [0, 0.05) is 0 Å². The van der Waals surface area contributed by atoms with Crippen LogP contribution in [-0.2, 0) is 9.53 Å². The molecule has 0 saturated carbocycles. The average molecular weight is 368 g/mol. The van der Waals surface area contributed by atoms with Crippen molar-refractivity contribution in [2.75, 3.05) is 13.7 Å².